The van der Waals surface area contributed by atoms with Crippen LogP contribution in [0.5, 0.6) is 23.0 Å². The number of ether oxygens (including phenoxy) is 2. The maximum Gasteiger partial charge on any atom is 0.260 e. The first-order chi connectivity index (χ1) is 35.7. The summed E-state index contributed by atoms with van der Waals surface area (Å²) in [5, 5.41) is 2.92. The van der Waals surface area contributed by atoms with Crippen molar-refractivity contribution < 1.29 is 9.47 Å². The highest BCUT2D eigenvalue weighted by molar-refractivity contribution is 6.98. The summed E-state index contributed by atoms with van der Waals surface area (Å²) >= 11 is 0. The molecule has 75 heavy (non-hydrogen) atoms. The lowest BCUT2D eigenvalue weighted by molar-refractivity contribution is 0.464. The molecule has 2 aliphatic heterocycles. The molecule has 0 radical (unpaired) electrons. The highest BCUT2D eigenvalue weighted by Crippen LogP contribution is 2.54. The molecular weight excluding hydrogens is 944 g/mol. The largest absolute Gasteiger partial charge is 0.458 e. The first kappa shape index (κ1) is 47.4. The SMILES string of the molecule is Cc1ccc(N(c2ccc([Si](C)(C)C)cc2)c2ccc3c(c2)C(C)(C)c2cc4c(cc2-3)Oc2cccc3c2B4c2cc4c(cc2O3)-c2ccc(N(c3ccc(C)cc3)c3ccc([Si](C)(C)C)cc3)cc2C4(C)C)cc1. The second kappa shape index (κ2) is 16.6. The van der Waals surface area contributed by atoms with Crippen LogP contribution >= 0.6 is 0 Å². The van der Waals surface area contributed by atoms with Gasteiger partial charge in [0.2, 0.25) is 0 Å². The Morgan fingerprint density at radius 1 is 0.360 bits per heavy atom. The van der Waals surface area contributed by atoms with Gasteiger partial charge in [0.15, 0.2) is 0 Å². The van der Waals surface area contributed by atoms with Gasteiger partial charge in [0.05, 0.1) is 16.1 Å². The lowest BCUT2D eigenvalue weighted by Crippen LogP contribution is -2.57. The second-order valence-corrected chi connectivity index (χ2v) is 35.0. The fraction of sp³-hybridized carbons (Fsp3) is 0.206. The van der Waals surface area contributed by atoms with Crippen LogP contribution in [-0.2, 0) is 10.8 Å². The van der Waals surface area contributed by atoms with Crippen LogP contribution in [0.3, 0.4) is 0 Å². The standard InChI is InChI=1S/C68H65BN2O2Si2/c1-42-16-20-44(21-17-42)70(46-24-30-50(31-25-46)74(7,8)9)48-28-34-52-54-38-64-60(40-58(54)67(3,4)56(52)36-48)69-61-41-59-55(39-65(61)73-63-15-13-14-62(72-64)66(63)69)53-35-29-49(37-57(53)68(59,5)6)71(45-22-18-43(2)19-23-45)47-26-32-51(33-27-47)75(10,11)12/h13-41H,1-12H3. The van der Waals surface area contributed by atoms with Crippen molar-refractivity contribution in [2.75, 3.05) is 9.80 Å². The fourth-order valence-electron chi connectivity index (χ4n) is 12.6. The molecule has 0 N–H and O–H groups in total. The van der Waals surface area contributed by atoms with E-state index in [0.29, 0.717) is 0 Å². The molecule has 9 aromatic rings. The van der Waals surface area contributed by atoms with Crippen LogP contribution in [0.1, 0.15) is 61.1 Å². The average Bonchev–Trinajstić information content (AvgIpc) is 3.74. The number of rotatable bonds is 8. The molecule has 0 bridgehead atoms. The number of hydrogen-bond donors (Lipinski definition) is 0. The monoisotopic (exact) mass is 1010 g/mol. The van der Waals surface area contributed by atoms with E-state index >= 15 is 0 Å². The molecule has 0 unspecified atom stereocenters. The Bertz CT molecular complexity index is 3560. The Hall–Kier alpha value is -7.32. The Morgan fingerprint density at radius 2 is 0.693 bits per heavy atom. The highest BCUT2D eigenvalue weighted by atomic mass is 28.3. The zero-order valence-corrected chi connectivity index (χ0v) is 47.5. The fourth-order valence-corrected chi connectivity index (χ4v) is 15.0. The number of nitrogens with zero attached hydrogens (tertiary/aromatic N) is 2. The van der Waals surface area contributed by atoms with Gasteiger partial charge in [-0.3, -0.25) is 0 Å². The molecule has 0 saturated heterocycles. The van der Waals surface area contributed by atoms with Crippen molar-refractivity contribution in [2.24, 2.45) is 0 Å². The normalized spacial score (nSPS) is 14.8. The van der Waals surface area contributed by atoms with Gasteiger partial charge in [-0.2, -0.15) is 0 Å². The van der Waals surface area contributed by atoms with E-state index in [9.17, 15) is 0 Å². The van der Waals surface area contributed by atoms with Crippen LogP contribution in [0.4, 0.5) is 34.1 Å². The zero-order valence-electron chi connectivity index (χ0n) is 45.5. The molecule has 0 aromatic heterocycles. The van der Waals surface area contributed by atoms with Gasteiger partial charge in [0, 0.05) is 50.4 Å². The topological polar surface area (TPSA) is 24.9 Å². The predicted octanol–water partition coefficient (Wildman–Crippen LogP) is 15.7. The Morgan fingerprint density at radius 3 is 1.05 bits per heavy atom. The highest BCUT2D eigenvalue weighted by Gasteiger charge is 2.46. The van der Waals surface area contributed by atoms with Crippen molar-refractivity contribution in [2.45, 2.75) is 91.7 Å². The average molecular weight is 1010 g/mol. The molecule has 13 rings (SSSR count). The van der Waals surface area contributed by atoms with Gasteiger partial charge in [-0.25, -0.2) is 0 Å². The first-order valence-corrected chi connectivity index (χ1v) is 33.8. The molecule has 9 aromatic carbocycles. The molecule has 0 spiro atoms. The molecule has 0 amide bonds. The quantitative estimate of drug-likeness (QED) is 0.142. The van der Waals surface area contributed by atoms with Gasteiger partial charge >= 0.3 is 0 Å². The predicted molar refractivity (Wildman–Crippen MR) is 324 cm³/mol. The smallest absolute Gasteiger partial charge is 0.260 e. The molecule has 4 aliphatic rings. The number of anilines is 6. The Labute approximate surface area is 446 Å². The molecule has 4 nitrogen and oxygen atoms in total. The van der Waals surface area contributed by atoms with Crippen LogP contribution in [0.25, 0.3) is 22.3 Å². The van der Waals surface area contributed by atoms with Crippen LogP contribution in [0.2, 0.25) is 39.3 Å². The summed E-state index contributed by atoms with van der Waals surface area (Å²) < 4.78 is 14.0. The zero-order chi connectivity index (χ0) is 52.1. The van der Waals surface area contributed by atoms with Crippen LogP contribution < -0.4 is 46.0 Å². The third kappa shape index (κ3) is 7.51. The lowest BCUT2D eigenvalue weighted by atomic mass is 9.34. The number of benzene rings is 9. The van der Waals surface area contributed by atoms with E-state index in [4.69, 9.17) is 9.47 Å². The summed E-state index contributed by atoms with van der Waals surface area (Å²) in [5.74, 6) is 3.54. The minimum Gasteiger partial charge on any atom is -0.458 e. The summed E-state index contributed by atoms with van der Waals surface area (Å²) in [5.41, 5.74) is 22.6. The molecule has 7 heteroatoms. The third-order valence-corrected chi connectivity index (χ3v) is 21.2. The molecule has 0 saturated carbocycles. The summed E-state index contributed by atoms with van der Waals surface area (Å²) in [7, 11) is -2.96. The molecular formula is C68H65BN2O2Si2. The van der Waals surface area contributed by atoms with E-state index in [0.717, 1.165) is 62.6 Å². The Balaban J connectivity index is 0.900. The number of fused-ring (bicyclic) bond motifs is 10. The van der Waals surface area contributed by atoms with Crippen LogP contribution in [0.15, 0.2) is 176 Å². The van der Waals surface area contributed by atoms with Crippen molar-refractivity contribution in [3.63, 3.8) is 0 Å². The lowest BCUT2D eigenvalue weighted by Gasteiger charge is -2.35. The Kier molecular flexibility index (Phi) is 10.5. The van der Waals surface area contributed by atoms with E-state index in [1.165, 1.54) is 76.9 Å². The summed E-state index contributed by atoms with van der Waals surface area (Å²) in [6.07, 6.45) is 0. The summed E-state index contributed by atoms with van der Waals surface area (Å²) in [4.78, 5) is 4.84. The van der Waals surface area contributed by atoms with Gasteiger partial charge in [-0.1, -0.05) is 167 Å². The van der Waals surface area contributed by atoms with Gasteiger partial charge in [-0.15, -0.1) is 0 Å². The number of aryl methyl sites for hydroxylation is 2. The third-order valence-electron chi connectivity index (χ3n) is 17.0. The van der Waals surface area contributed by atoms with Crippen molar-refractivity contribution in [3.05, 3.63) is 209 Å². The number of hydrogen-bond acceptors (Lipinski definition) is 4. The maximum absolute atomic E-state index is 7.00. The molecule has 0 fully saturated rings. The molecule has 0 atom stereocenters. The van der Waals surface area contributed by atoms with Crippen molar-refractivity contribution in [1.82, 2.24) is 0 Å². The summed E-state index contributed by atoms with van der Waals surface area (Å²) in [6, 6.07) is 66.6. The van der Waals surface area contributed by atoms with E-state index in [1.807, 2.05) is 0 Å². The van der Waals surface area contributed by atoms with Crippen LogP contribution in [0, 0.1) is 13.8 Å². The maximum atomic E-state index is 7.00. The van der Waals surface area contributed by atoms with E-state index in [2.05, 4.69) is 267 Å². The van der Waals surface area contributed by atoms with Crippen LogP contribution in [-0.4, -0.2) is 22.9 Å². The van der Waals surface area contributed by atoms with Gasteiger partial charge in [0.1, 0.15) is 23.0 Å². The van der Waals surface area contributed by atoms with E-state index < -0.39 is 16.1 Å². The summed E-state index contributed by atoms with van der Waals surface area (Å²) in [6.45, 7) is 28.3. The van der Waals surface area contributed by atoms with Gasteiger partial charge < -0.3 is 19.3 Å². The minimum atomic E-state index is -1.48. The first-order valence-electron chi connectivity index (χ1n) is 26.8. The van der Waals surface area contributed by atoms with Gasteiger partial charge in [0.25, 0.3) is 6.71 Å². The van der Waals surface area contributed by atoms with Crippen molar-refractivity contribution in [1.29, 1.82) is 0 Å². The van der Waals surface area contributed by atoms with Crippen molar-refractivity contribution in [3.8, 4) is 45.3 Å². The molecule has 2 heterocycles. The molecule has 370 valence electrons. The van der Waals surface area contributed by atoms with Crippen molar-refractivity contribution >= 4 is 83.7 Å². The van der Waals surface area contributed by atoms with E-state index in [1.54, 1.807) is 0 Å². The van der Waals surface area contributed by atoms with E-state index in [-0.39, 0.29) is 17.5 Å². The van der Waals surface area contributed by atoms with Gasteiger partial charge in [-0.05, 0) is 166 Å². The molecule has 2 aliphatic carbocycles. The second-order valence-electron chi connectivity index (χ2n) is 24.8. The minimum absolute atomic E-state index is 0.0724.